The maximum Gasteiger partial charge on any atom is 0.154 e. The first kappa shape index (κ1) is 13.9. The van der Waals surface area contributed by atoms with Crippen LogP contribution in [0.2, 0.25) is 0 Å². The van der Waals surface area contributed by atoms with E-state index in [9.17, 15) is 0 Å². The molecular formula is C15H19N5. The second-order valence-corrected chi connectivity index (χ2v) is 4.31. The summed E-state index contributed by atoms with van der Waals surface area (Å²) in [5, 5.41) is 7.22. The zero-order valence-corrected chi connectivity index (χ0v) is 11.4. The molecule has 2 rings (SSSR count). The van der Waals surface area contributed by atoms with Gasteiger partial charge >= 0.3 is 0 Å². The minimum Gasteiger partial charge on any atom is -0.382 e. The van der Waals surface area contributed by atoms with E-state index >= 15 is 0 Å². The summed E-state index contributed by atoms with van der Waals surface area (Å²) in [7, 11) is 0. The van der Waals surface area contributed by atoms with Crippen molar-refractivity contribution in [3.8, 4) is 0 Å². The molecular weight excluding hydrogens is 250 g/mol. The number of para-hydroxylation sites is 2. The third-order valence-electron chi connectivity index (χ3n) is 3.06. The van der Waals surface area contributed by atoms with Crippen LogP contribution in [0.3, 0.4) is 0 Å². The molecule has 0 fully saturated rings. The fourth-order valence-corrected chi connectivity index (χ4v) is 2.04. The standard InChI is InChI=1S/C15H19N5/c1-2-11-7-3-5-9-13(11)18-14-10-6-4-8-12(14)15(16)19-20-17/h3-10,18,20H,2,17H2,1H3,(H2,16,19). The smallest absolute Gasteiger partial charge is 0.154 e. The number of nitrogens with zero attached hydrogens (tertiary/aromatic N) is 1. The van der Waals surface area contributed by atoms with Gasteiger partial charge in [-0.05, 0) is 30.2 Å². The van der Waals surface area contributed by atoms with Crippen LogP contribution in [0.4, 0.5) is 11.4 Å². The Labute approximate surface area is 118 Å². The zero-order valence-electron chi connectivity index (χ0n) is 11.4. The molecule has 0 aliphatic rings. The molecule has 2 aromatic carbocycles. The number of rotatable bonds is 5. The number of nitrogens with two attached hydrogens (primary N) is 2. The lowest BCUT2D eigenvalue weighted by atomic mass is 10.1. The molecule has 0 amide bonds. The first-order chi connectivity index (χ1) is 9.76. The molecule has 0 atom stereocenters. The molecule has 0 aliphatic heterocycles. The van der Waals surface area contributed by atoms with Crippen LogP contribution >= 0.6 is 0 Å². The number of anilines is 2. The molecule has 0 spiro atoms. The topological polar surface area (TPSA) is 88.5 Å². The van der Waals surface area contributed by atoms with E-state index < -0.39 is 0 Å². The fourth-order valence-electron chi connectivity index (χ4n) is 2.04. The van der Waals surface area contributed by atoms with E-state index in [-0.39, 0.29) is 0 Å². The second-order valence-electron chi connectivity index (χ2n) is 4.31. The highest BCUT2D eigenvalue weighted by Gasteiger charge is 2.07. The lowest BCUT2D eigenvalue weighted by Crippen LogP contribution is -2.23. The molecule has 0 heterocycles. The van der Waals surface area contributed by atoms with Crippen molar-refractivity contribution in [3.63, 3.8) is 0 Å². The van der Waals surface area contributed by atoms with Gasteiger partial charge in [0.1, 0.15) is 0 Å². The Hall–Kier alpha value is -2.53. The average Bonchev–Trinajstić information content (AvgIpc) is 2.48. The first-order valence-corrected chi connectivity index (χ1v) is 6.49. The summed E-state index contributed by atoms with van der Waals surface area (Å²) in [5.74, 6) is 5.51. The Morgan fingerprint density at radius 1 is 1.05 bits per heavy atom. The summed E-state index contributed by atoms with van der Waals surface area (Å²) in [6.07, 6.45) is 0.958. The average molecular weight is 269 g/mol. The number of hydrazine groups is 1. The van der Waals surface area contributed by atoms with E-state index in [1.807, 2.05) is 42.5 Å². The number of aryl methyl sites for hydroxylation is 1. The zero-order chi connectivity index (χ0) is 14.4. The maximum absolute atomic E-state index is 5.90. The third kappa shape index (κ3) is 3.07. The lowest BCUT2D eigenvalue weighted by molar-refractivity contribution is 0.804. The van der Waals surface area contributed by atoms with Crippen LogP contribution in [0.15, 0.2) is 53.6 Å². The minimum atomic E-state index is 0.338. The fraction of sp³-hybridized carbons (Fsp3) is 0.133. The van der Waals surface area contributed by atoms with Crippen LogP contribution in [0.25, 0.3) is 0 Å². The quantitative estimate of drug-likeness (QED) is 0.289. The van der Waals surface area contributed by atoms with E-state index in [0.29, 0.717) is 5.84 Å². The summed E-state index contributed by atoms with van der Waals surface area (Å²) in [6, 6.07) is 15.9. The molecule has 0 saturated heterocycles. The van der Waals surface area contributed by atoms with Gasteiger partial charge in [0.25, 0.3) is 0 Å². The molecule has 0 bridgehead atoms. The van der Waals surface area contributed by atoms with E-state index in [4.69, 9.17) is 11.6 Å². The molecule has 0 radical (unpaired) electrons. The highest BCUT2D eigenvalue weighted by molar-refractivity contribution is 6.02. The maximum atomic E-state index is 5.90. The van der Waals surface area contributed by atoms with Crippen LogP contribution in [0.1, 0.15) is 18.1 Å². The van der Waals surface area contributed by atoms with Gasteiger partial charge in [0.05, 0.1) is 0 Å². The van der Waals surface area contributed by atoms with Crippen molar-refractivity contribution in [1.82, 2.24) is 5.53 Å². The van der Waals surface area contributed by atoms with Gasteiger partial charge in [-0.1, -0.05) is 37.3 Å². The first-order valence-electron chi connectivity index (χ1n) is 6.49. The van der Waals surface area contributed by atoms with Crippen molar-refractivity contribution in [2.45, 2.75) is 13.3 Å². The van der Waals surface area contributed by atoms with E-state index in [1.54, 1.807) is 0 Å². The predicted octanol–water partition coefficient (Wildman–Crippen LogP) is 2.08. The molecule has 2 aromatic rings. The molecule has 0 aliphatic carbocycles. The Balaban J connectivity index is 2.37. The van der Waals surface area contributed by atoms with Gasteiger partial charge in [0, 0.05) is 16.9 Å². The van der Waals surface area contributed by atoms with Gasteiger partial charge in [0.15, 0.2) is 5.84 Å². The molecule has 0 saturated carbocycles. The third-order valence-corrected chi connectivity index (χ3v) is 3.06. The van der Waals surface area contributed by atoms with Crippen molar-refractivity contribution in [3.05, 3.63) is 59.7 Å². The van der Waals surface area contributed by atoms with Gasteiger partial charge < -0.3 is 11.1 Å². The predicted molar refractivity (Wildman–Crippen MR) is 83.6 cm³/mol. The molecule has 20 heavy (non-hydrogen) atoms. The van der Waals surface area contributed by atoms with Crippen LogP contribution in [0, 0.1) is 0 Å². The number of hydrogen-bond donors (Lipinski definition) is 4. The molecule has 0 unspecified atom stereocenters. The van der Waals surface area contributed by atoms with Crippen molar-refractivity contribution in [2.24, 2.45) is 16.7 Å². The summed E-state index contributed by atoms with van der Waals surface area (Å²) in [5.41, 5.74) is 12.1. The monoisotopic (exact) mass is 269 g/mol. The summed E-state index contributed by atoms with van der Waals surface area (Å²) in [6.45, 7) is 2.13. The van der Waals surface area contributed by atoms with Crippen LogP contribution in [-0.4, -0.2) is 5.84 Å². The molecule has 5 heteroatoms. The van der Waals surface area contributed by atoms with E-state index in [0.717, 1.165) is 23.4 Å². The van der Waals surface area contributed by atoms with Gasteiger partial charge in [-0.2, -0.15) is 0 Å². The summed E-state index contributed by atoms with van der Waals surface area (Å²) < 4.78 is 0. The SMILES string of the molecule is CCc1ccccc1Nc1ccccc1/C(N)=N/NN. The second kappa shape index (κ2) is 6.58. The number of nitrogens with one attached hydrogen (secondary N) is 2. The number of amidine groups is 1. The van der Waals surface area contributed by atoms with Gasteiger partial charge in [-0.25, -0.2) is 11.4 Å². The summed E-state index contributed by atoms with van der Waals surface area (Å²) in [4.78, 5) is 0. The van der Waals surface area contributed by atoms with Crippen LogP contribution in [0.5, 0.6) is 0 Å². The Morgan fingerprint density at radius 2 is 1.70 bits per heavy atom. The lowest BCUT2D eigenvalue weighted by Gasteiger charge is -2.14. The number of benzene rings is 2. The van der Waals surface area contributed by atoms with E-state index in [1.165, 1.54) is 5.56 Å². The highest BCUT2D eigenvalue weighted by Crippen LogP contribution is 2.24. The van der Waals surface area contributed by atoms with Crippen molar-refractivity contribution < 1.29 is 0 Å². The van der Waals surface area contributed by atoms with Crippen molar-refractivity contribution in [2.75, 3.05) is 5.32 Å². The van der Waals surface area contributed by atoms with Gasteiger partial charge in [0.2, 0.25) is 0 Å². The van der Waals surface area contributed by atoms with Crippen molar-refractivity contribution in [1.29, 1.82) is 0 Å². The largest absolute Gasteiger partial charge is 0.382 e. The van der Waals surface area contributed by atoms with Crippen LogP contribution in [-0.2, 0) is 6.42 Å². The highest BCUT2D eigenvalue weighted by atomic mass is 15.5. The molecule has 104 valence electrons. The number of hydrogen-bond acceptors (Lipinski definition) is 4. The number of hydrazone groups is 1. The van der Waals surface area contributed by atoms with Crippen molar-refractivity contribution >= 4 is 17.2 Å². The molecule has 5 nitrogen and oxygen atoms in total. The van der Waals surface area contributed by atoms with E-state index in [2.05, 4.69) is 28.9 Å². The molecule has 0 aromatic heterocycles. The van der Waals surface area contributed by atoms with Crippen LogP contribution < -0.4 is 22.4 Å². The Morgan fingerprint density at radius 3 is 2.40 bits per heavy atom. The Bertz CT molecular complexity index is 607. The summed E-state index contributed by atoms with van der Waals surface area (Å²) >= 11 is 0. The van der Waals surface area contributed by atoms with Gasteiger partial charge in [-0.15, -0.1) is 5.10 Å². The Kier molecular flexibility index (Phi) is 4.57. The molecule has 6 N–H and O–H groups in total. The minimum absolute atomic E-state index is 0.338. The normalized spacial score (nSPS) is 11.2. The van der Waals surface area contributed by atoms with Gasteiger partial charge in [-0.3, -0.25) is 0 Å².